The quantitative estimate of drug-likeness (QED) is 0.793. The molecule has 1 aliphatic rings. The second-order valence-electron chi connectivity index (χ2n) is 7.07. The zero-order valence-electron chi connectivity index (χ0n) is 16.1. The van der Waals surface area contributed by atoms with Crippen molar-refractivity contribution in [3.63, 3.8) is 0 Å². The molecule has 4 atom stereocenters. The molecule has 6 nitrogen and oxygen atoms in total. The number of hydrogen-bond acceptors (Lipinski definition) is 5. The molecule has 3 rings (SSSR count). The first kappa shape index (κ1) is 20.1. The lowest BCUT2D eigenvalue weighted by molar-refractivity contribution is 0.0209. The molecule has 1 saturated carbocycles. The number of carbonyl (C=O) groups is 1. The van der Waals surface area contributed by atoms with Gasteiger partial charge in [0.05, 0.1) is 24.8 Å². The molecule has 7 heteroatoms. The molecule has 0 radical (unpaired) electrons. The summed E-state index contributed by atoms with van der Waals surface area (Å²) in [7, 11) is 5.18. The normalized spacial score (nSPS) is 24.2. The van der Waals surface area contributed by atoms with Crippen LogP contribution in [0.3, 0.4) is 0 Å². The summed E-state index contributed by atoms with van der Waals surface area (Å²) < 4.78 is 24.5. The predicted molar refractivity (Wildman–Crippen MR) is 103 cm³/mol. The van der Waals surface area contributed by atoms with Crippen LogP contribution in [-0.4, -0.2) is 61.4 Å². The van der Waals surface area contributed by atoms with Crippen LogP contribution in [0.4, 0.5) is 4.39 Å². The van der Waals surface area contributed by atoms with E-state index in [2.05, 4.69) is 5.32 Å². The van der Waals surface area contributed by atoms with Crippen LogP contribution in [0.5, 0.6) is 11.5 Å². The van der Waals surface area contributed by atoms with Crippen molar-refractivity contribution >= 4 is 5.91 Å². The first-order valence-corrected chi connectivity index (χ1v) is 9.11. The van der Waals surface area contributed by atoms with Crippen LogP contribution in [0.1, 0.15) is 16.8 Å². The lowest BCUT2D eigenvalue weighted by Gasteiger charge is -2.29. The molecule has 1 fully saturated rings. The molecule has 2 aromatic carbocycles. The van der Waals surface area contributed by atoms with Crippen LogP contribution in [0.25, 0.3) is 0 Å². The standard InChI is InChI=1S/C21H25FN2O4/c1-24(2)19-16(23-21(26)15-9-4-5-10-17(15)27-3)12-18(20(19)25)28-14-8-6-7-13(22)11-14/h4-11,16,18-20,25H,12H2,1-3H3,(H,23,26)/t16-,18-,19+,20+/m1/s1. The van der Waals surface area contributed by atoms with E-state index in [4.69, 9.17) is 9.47 Å². The van der Waals surface area contributed by atoms with E-state index in [1.165, 1.54) is 19.2 Å². The van der Waals surface area contributed by atoms with Gasteiger partial charge in [-0.2, -0.15) is 0 Å². The zero-order valence-corrected chi connectivity index (χ0v) is 16.1. The van der Waals surface area contributed by atoms with Gasteiger partial charge in [0.2, 0.25) is 0 Å². The van der Waals surface area contributed by atoms with Gasteiger partial charge in [-0.15, -0.1) is 0 Å². The number of carbonyl (C=O) groups excluding carboxylic acids is 1. The Bertz CT molecular complexity index is 830. The number of benzene rings is 2. The molecule has 0 unspecified atom stereocenters. The Kier molecular flexibility index (Phi) is 6.16. The molecule has 0 saturated heterocycles. The van der Waals surface area contributed by atoms with Gasteiger partial charge < -0.3 is 24.8 Å². The fourth-order valence-electron chi connectivity index (χ4n) is 3.71. The van der Waals surface area contributed by atoms with E-state index in [9.17, 15) is 14.3 Å². The maximum Gasteiger partial charge on any atom is 0.255 e. The largest absolute Gasteiger partial charge is 0.496 e. The minimum Gasteiger partial charge on any atom is -0.496 e. The number of nitrogens with one attached hydrogen (secondary N) is 1. The van der Waals surface area contributed by atoms with Gasteiger partial charge >= 0.3 is 0 Å². The number of para-hydroxylation sites is 1. The Morgan fingerprint density at radius 3 is 2.64 bits per heavy atom. The summed E-state index contributed by atoms with van der Waals surface area (Å²) in [6.45, 7) is 0. The van der Waals surface area contributed by atoms with Gasteiger partial charge in [-0.05, 0) is 38.4 Å². The Labute approximate surface area is 163 Å². The number of methoxy groups -OCH3 is 1. The number of ether oxygens (including phenoxy) is 2. The van der Waals surface area contributed by atoms with Gasteiger partial charge in [-0.1, -0.05) is 18.2 Å². The van der Waals surface area contributed by atoms with Gasteiger partial charge in [-0.25, -0.2) is 4.39 Å². The van der Waals surface area contributed by atoms with E-state index in [-0.39, 0.29) is 18.0 Å². The molecule has 0 spiro atoms. The average molecular weight is 388 g/mol. The topological polar surface area (TPSA) is 71.0 Å². The maximum absolute atomic E-state index is 13.4. The Morgan fingerprint density at radius 1 is 1.21 bits per heavy atom. The average Bonchev–Trinajstić information content (AvgIpc) is 2.96. The number of nitrogens with zero attached hydrogens (tertiary/aromatic N) is 1. The van der Waals surface area contributed by atoms with E-state index >= 15 is 0 Å². The first-order chi connectivity index (χ1) is 13.4. The molecule has 0 aromatic heterocycles. The van der Waals surface area contributed by atoms with Gasteiger partial charge in [0, 0.05) is 12.5 Å². The number of amides is 1. The maximum atomic E-state index is 13.4. The highest BCUT2D eigenvalue weighted by Gasteiger charge is 2.46. The highest BCUT2D eigenvalue weighted by molar-refractivity contribution is 5.97. The van der Waals surface area contributed by atoms with Crippen LogP contribution >= 0.6 is 0 Å². The Hall–Kier alpha value is -2.64. The summed E-state index contributed by atoms with van der Waals surface area (Å²) in [4.78, 5) is 14.6. The highest BCUT2D eigenvalue weighted by Crippen LogP contribution is 2.29. The van der Waals surface area contributed by atoms with Crippen LogP contribution in [0, 0.1) is 5.82 Å². The fraction of sp³-hybridized carbons (Fsp3) is 0.381. The summed E-state index contributed by atoms with van der Waals surface area (Å²) in [5.74, 6) is 0.133. The number of aliphatic hydroxyl groups is 1. The molecule has 0 bridgehead atoms. The third-order valence-corrected chi connectivity index (χ3v) is 4.98. The lowest BCUT2D eigenvalue weighted by Crippen LogP contribution is -2.50. The van der Waals surface area contributed by atoms with E-state index in [1.807, 2.05) is 19.0 Å². The molecular formula is C21H25FN2O4. The van der Waals surface area contributed by atoms with Crippen molar-refractivity contribution in [1.82, 2.24) is 10.2 Å². The number of rotatable bonds is 6. The molecule has 28 heavy (non-hydrogen) atoms. The predicted octanol–water partition coefficient (Wildman–Crippen LogP) is 2.08. The van der Waals surface area contributed by atoms with Crippen molar-refractivity contribution in [3.05, 3.63) is 59.9 Å². The van der Waals surface area contributed by atoms with Gasteiger partial charge in [0.1, 0.15) is 29.5 Å². The number of halogens is 1. The van der Waals surface area contributed by atoms with Crippen molar-refractivity contribution in [3.8, 4) is 11.5 Å². The first-order valence-electron chi connectivity index (χ1n) is 9.11. The summed E-state index contributed by atoms with van der Waals surface area (Å²) >= 11 is 0. The molecule has 2 N–H and O–H groups in total. The van der Waals surface area contributed by atoms with Crippen molar-refractivity contribution in [1.29, 1.82) is 0 Å². The number of likely N-dealkylation sites (N-methyl/N-ethyl adjacent to an activating group) is 1. The van der Waals surface area contributed by atoms with Gasteiger partial charge in [0.25, 0.3) is 5.91 Å². The van der Waals surface area contributed by atoms with E-state index in [0.29, 0.717) is 23.5 Å². The molecule has 1 amide bonds. The molecule has 2 aromatic rings. The number of hydrogen-bond donors (Lipinski definition) is 2. The van der Waals surface area contributed by atoms with Crippen LogP contribution in [-0.2, 0) is 0 Å². The van der Waals surface area contributed by atoms with Gasteiger partial charge in [-0.3, -0.25) is 4.79 Å². The van der Waals surface area contributed by atoms with Crippen molar-refractivity contribution in [2.75, 3.05) is 21.2 Å². The molecule has 1 aliphatic carbocycles. The molecule has 0 heterocycles. The van der Waals surface area contributed by atoms with E-state index in [1.54, 1.807) is 36.4 Å². The third kappa shape index (κ3) is 4.26. The van der Waals surface area contributed by atoms with E-state index < -0.39 is 18.0 Å². The van der Waals surface area contributed by atoms with E-state index in [0.717, 1.165) is 0 Å². The lowest BCUT2D eigenvalue weighted by atomic mass is 10.1. The summed E-state index contributed by atoms with van der Waals surface area (Å²) in [6, 6.07) is 12.1. The minimum absolute atomic E-state index is 0.284. The van der Waals surface area contributed by atoms with Gasteiger partial charge in [0.15, 0.2) is 0 Å². The highest BCUT2D eigenvalue weighted by atomic mass is 19.1. The SMILES string of the molecule is COc1ccccc1C(=O)N[C@@H]1C[C@@H](Oc2cccc(F)c2)[C@H](O)[C@H]1N(C)C. The number of aliphatic hydroxyl groups excluding tert-OH is 1. The Morgan fingerprint density at radius 2 is 1.96 bits per heavy atom. The zero-order chi connectivity index (χ0) is 20.3. The third-order valence-electron chi connectivity index (χ3n) is 4.98. The van der Waals surface area contributed by atoms with Crippen molar-refractivity contribution in [2.24, 2.45) is 0 Å². The van der Waals surface area contributed by atoms with Crippen molar-refractivity contribution < 1.29 is 23.8 Å². The summed E-state index contributed by atoms with van der Waals surface area (Å²) in [5.41, 5.74) is 0.423. The monoisotopic (exact) mass is 388 g/mol. The molecule has 0 aliphatic heterocycles. The Balaban J connectivity index is 1.76. The van der Waals surface area contributed by atoms with Crippen LogP contribution < -0.4 is 14.8 Å². The second-order valence-corrected chi connectivity index (χ2v) is 7.07. The molecular weight excluding hydrogens is 363 g/mol. The van der Waals surface area contributed by atoms with Crippen molar-refractivity contribution in [2.45, 2.75) is 30.7 Å². The van der Waals surface area contributed by atoms with Crippen LogP contribution in [0.15, 0.2) is 48.5 Å². The summed E-state index contributed by atoms with van der Waals surface area (Å²) in [5, 5.41) is 13.8. The summed E-state index contributed by atoms with van der Waals surface area (Å²) in [6.07, 6.45) is -1.03. The minimum atomic E-state index is -0.846. The molecule has 150 valence electrons. The fourth-order valence-corrected chi connectivity index (χ4v) is 3.71. The second kappa shape index (κ2) is 8.58. The van der Waals surface area contributed by atoms with Crippen LogP contribution in [0.2, 0.25) is 0 Å². The smallest absolute Gasteiger partial charge is 0.255 e.